The maximum atomic E-state index is 13.8. The summed E-state index contributed by atoms with van der Waals surface area (Å²) in [5, 5.41) is 16.9. The van der Waals surface area contributed by atoms with E-state index in [9.17, 15) is 23.9 Å². The molecule has 156 valence electrons. The number of nitrogens with one attached hydrogen (secondary N) is 1. The molecule has 2 aromatic rings. The average Bonchev–Trinajstić information content (AvgIpc) is 3.22. The minimum Gasteiger partial charge on any atom is -0.469 e. The number of methoxy groups -OCH3 is 1. The number of hydrogen-bond donors (Lipinski definition) is 2. The number of nitrogens with zero attached hydrogens (tertiary/aromatic N) is 3. The van der Waals surface area contributed by atoms with Gasteiger partial charge in [-0.15, -0.1) is 0 Å². The zero-order valence-corrected chi connectivity index (χ0v) is 16.4. The van der Waals surface area contributed by atoms with Crippen molar-refractivity contribution in [3.05, 3.63) is 29.7 Å². The maximum absolute atomic E-state index is 13.8. The molecule has 9 nitrogen and oxygen atoms in total. The number of amides is 2. The zero-order chi connectivity index (χ0) is 21.3. The van der Waals surface area contributed by atoms with E-state index in [4.69, 9.17) is 0 Å². The molecule has 1 aliphatic heterocycles. The minimum absolute atomic E-state index is 0.0390. The Labute approximate surface area is 166 Å². The van der Waals surface area contributed by atoms with Crippen molar-refractivity contribution in [1.82, 2.24) is 20.0 Å². The molecule has 3 rings (SSSR count). The van der Waals surface area contributed by atoms with E-state index in [2.05, 4.69) is 15.2 Å². The number of halogens is 1. The van der Waals surface area contributed by atoms with Gasteiger partial charge in [-0.05, 0) is 38.5 Å². The van der Waals surface area contributed by atoms with Gasteiger partial charge in [0.1, 0.15) is 5.82 Å². The topological polar surface area (TPSA) is 114 Å². The Balaban J connectivity index is 1.82. The molecule has 1 fully saturated rings. The molecule has 2 heterocycles. The lowest BCUT2D eigenvalue weighted by molar-refractivity contribution is -0.141. The molecule has 0 radical (unpaired) electrons. The van der Waals surface area contributed by atoms with E-state index in [0.29, 0.717) is 10.9 Å². The first-order valence-electron chi connectivity index (χ1n) is 9.26. The molecule has 2 N–H and O–H groups in total. The monoisotopic (exact) mass is 406 g/mol. The lowest BCUT2D eigenvalue weighted by Crippen LogP contribution is -2.39. The molecule has 2 amide bonds. The first-order chi connectivity index (χ1) is 13.7. The SMILES string of the molecule is COC(=O)C[C@@H]1C[C@H](NC(=O)c2nn(C(C)C)c3ccc(F)cc23)CN1C(=O)O. The Morgan fingerprint density at radius 3 is 2.72 bits per heavy atom. The molecular formula is C19H23FN4O5. The molecule has 0 saturated carbocycles. The summed E-state index contributed by atoms with van der Waals surface area (Å²) in [6, 6.07) is 3.01. The number of likely N-dealkylation sites (tertiary alicyclic amines) is 1. The Kier molecular flexibility index (Phi) is 5.71. The van der Waals surface area contributed by atoms with E-state index < -0.39 is 35.9 Å². The number of carboxylic acid groups (broad SMARTS) is 1. The Morgan fingerprint density at radius 2 is 2.10 bits per heavy atom. The average molecular weight is 406 g/mol. The molecule has 1 aromatic carbocycles. The zero-order valence-electron chi connectivity index (χ0n) is 16.4. The molecule has 2 atom stereocenters. The molecule has 29 heavy (non-hydrogen) atoms. The van der Waals surface area contributed by atoms with Crippen LogP contribution in [0, 0.1) is 5.82 Å². The lowest BCUT2D eigenvalue weighted by Gasteiger charge is -2.19. The predicted molar refractivity (Wildman–Crippen MR) is 101 cm³/mol. The van der Waals surface area contributed by atoms with Gasteiger partial charge in [0, 0.05) is 30.1 Å². The molecule has 0 bridgehead atoms. The van der Waals surface area contributed by atoms with E-state index in [0.717, 1.165) is 4.90 Å². The van der Waals surface area contributed by atoms with Crippen LogP contribution in [-0.4, -0.2) is 63.5 Å². The lowest BCUT2D eigenvalue weighted by atomic mass is 10.1. The van der Waals surface area contributed by atoms with Crippen LogP contribution in [0.4, 0.5) is 9.18 Å². The summed E-state index contributed by atoms with van der Waals surface area (Å²) < 4.78 is 20.0. The maximum Gasteiger partial charge on any atom is 0.407 e. The summed E-state index contributed by atoms with van der Waals surface area (Å²) in [6.45, 7) is 3.84. The van der Waals surface area contributed by atoms with Crippen molar-refractivity contribution in [2.75, 3.05) is 13.7 Å². The number of benzene rings is 1. The van der Waals surface area contributed by atoms with Gasteiger partial charge in [-0.25, -0.2) is 9.18 Å². The summed E-state index contributed by atoms with van der Waals surface area (Å²) in [7, 11) is 1.23. The minimum atomic E-state index is -1.17. The van der Waals surface area contributed by atoms with Crippen molar-refractivity contribution in [2.24, 2.45) is 0 Å². The van der Waals surface area contributed by atoms with Gasteiger partial charge in [0.25, 0.3) is 5.91 Å². The fraction of sp³-hybridized carbons (Fsp3) is 0.474. The van der Waals surface area contributed by atoms with Crippen LogP contribution in [0.2, 0.25) is 0 Å². The van der Waals surface area contributed by atoms with Crippen LogP contribution in [0.5, 0.6) is 0 Å². The van der Waals surface area contributed by atoms with Gasteiger partial charge in [-0.2, -0.15) is 5.10 Å². The molecule has 0 aliphatic carbocycles. The van der Waals surface area contributed by atoms with Crippen molar-refractivity contribution in [2.45, 2.75) is 44.8 Å². The van der Waals surface area contributed by atoms with Crippen molar-refractivity contribution in [1.29, 1.82) is 0 Å². The largest absolute Gasteiger partial charge is 0.469 e. The van der Waals surface area contributed by atoms with Crippen LogP contribution in [-0.2, 0) is 9.53 Å². The Hall–Kier alpha value is -3.17. The Morgan fingerprint density at radius 1 is 1.38 bits per heavy atom. The summed E-state index contributed by atoms with van der Waals surface area (Å²) in [5.74, 6) is -1.52. The van der Waals surface area contributed by atoms with Gasteiger partial charge in [-0.1, -0.05) is 0 Å². The quantitative estimate of drug-likeness (QED) is 0.736. The number of esters is 1. The van der Waals surface area contributed by atoms with Crippen molar-refractivity contribution < 1.29 is 28.6 Å². The first-order valence-corrected chi connectivity index (χ1v) is 9.26. The summed E-state index contributed by atoms with van der Waals surface area (Å²) in [4.78, 5) is 37.0. The molecule has 10 heteroatoms. The molecule has 1 aromatic heterocycles. The van der Waals surface area contributed by atoms with Crippen molar-refractivity contribution in [3.63, 3.8) is 0 Å². The second-order valence-corrected chi connectivity index (χ2v) is 7.32. The van der Waals surface area contributed by atoms with Crippen LogP contribution in [0.25, 0.3) is 10.9 Å². The van der Waals surface area contributed by atoms with Crippen LogP contribution < -0.4 is 5.32 Å². The number of carbonyl (C=O) groups is 3. The van der Waals surface area contributed by atoms with E-state index in [1.54, 1.807) is 10.7 Å². The third kappa shape index (κ3) is 4.15. The van der Waals surface area contributed by atoms with Crippen molar-refractivity contribution >= 4 is 28.9 Å². The molecule has 1 saturated heterocycles. The summed E-state index contributed by atoms with van der Waals surface area (Å²) in [6.07, 6.45) is -0.998. The fourth-order valence-electron chi connectivity index (χ4n) is 3.65. The Bertz CT molecular complexity index is 957. The third-order valence-corrected chi connectivity index (χ3v) is 5.00. The standard InChI is InChI=1S/C19H23FN4O5/c1-10(2)24-15-5-4-11(20)6-14(15)17(22-24)18(26)21-12-7-13(8-16(25)29-3)23(9-12)19(27)28/h4-6,10,12-13H,7-9H2,1-3H3,(H,21,26)(H,27,28)/t12-,13-/m0/s1. The molecular weight excluding hydrogens is 383 g/mol. The van der Waals surface area contributed by atoms with Crippen molar-refractivity contribution in [3.8, 4) is 0 Å². The van der Waals surface area contributed by atoms with Gasteiger partial charge in [0.15, 0.2) is 5.69 Å². The smallest absolute Gasteiger partial charge is 0.407 e. The number of rotatable bonds is 5. The number of carbonyl (C=O) groups excluding carboxylic acids is 2. The van der Waals surface area contributed by atoms with Crippen LogP contribution in [0.15, 0.2) is 18.2 Å². The summed E-state index contributed by atoms with van der Waals surface area (Å²) in [5.41, 5.74) is 0.709. The fourth-order valence-corrected chi connectivity index (χ4v) is 3.65. The van der Waals surface area contributed by atoms with E-state index in [1.807, 2.05) is 13.8 Å². The van der Waals surface area contributed by atoms with Crippen LogP contribution in [0.3, 0.4) is 0 Å². The van der Waals surface area contributed by atoms with Gasteiger partial charge in [0.2, 0.25) is 0 Å². The highest BCUT2D eigenvalue weighted by atomic mass is 19.1. The number of ether oxygens (including phenoxy) is 1. The highest BCUT2D eigenvalue weighted by molar-refractivity contribution is 6.05. The van der Waals surface area contributed by atoms with E-state index >= 15 is 0 Å². The second kappa shape index (κ2) is 8.06. The van der Waals surface area contributed by atoms with Gasteiger partial charge in [0.05, 0.1) is 19.0 Å². The normalized spacial score (nSPS) is 19.0. The molecule has 1 aliphatic rings. The predicted octanol–water partition coefficient (Wildman–Crippen LogP) is 2.17. The van der Waals surface area contributed by atoms with Gasteiger partial charge in [-0.3, -0.25) is 14.3 Å². The van der Waals surface area contributed by atoms with Gasteiger partial charge < -0.3 is 20.1 Å². The van der Waals surface area contributed by atoms with E-state index in [-0.39, 0.29) is 31.1 Å². The number of fused-ring (bicyclic) bond motifs is 1. The van der Waals surface area contributed by atoms with E-state index in [1.165, 1.54) is 19.2 Å². The molecule has 0 unspecified atom stereocenters. The highest BCUT2D eigenvalue weighted by Gasteiger charge is 2.38. The number of hydrogen-bond acceptors (Lipinski definition) is 5. The molecule has 0 spiro atoms. The first kappa shape index (κ1) is 20.6. The highest BCUT2D eigenvalue weighted by Crippen LogP contribution is 2.25. The van der Waals surface area contributed by atoms with Crippen LogP contribution >= 0.6 is 0 Å². The second-order valence-electron chi connectivity index (χ2n) is 7.32. The third-order valence-electron chi connectivity index (χ3n) is 5.00. The van der Waals surface area contributed by atoms with Gasteiger partial charge >= 0.3 is 12.1 Å². The summed E-state index contributed by atoms with van der Waals surface area (Å²) >= 11 is 0. The number of aromatic nitrogens is 2. The van der Waals surface area contributed by atoms with Crippen LogP contribution in [0.1, 0.15) is 43.2 Å².